The van der Waals surface area contributed by atoms with Gasteiger partial charge in [0.15, 0.2) is 11.5 Å². The number of anilines is 1. The minimum absolute atomic E-state index is 0.0231. The predicted octanol–water partition coefficient (Wildman–Crippen LogP) is 5.55. The number of unbranched alkanes of at least 4 members (excludes halogenated alkanes) is 1. The highest BCUT2D eigenvalue weighted by Crippen LogP contribution is 2.37. The standard InChI is InChI=1S/C31H37Cl2N3O7S/c1-6-7-16-34-31(38)21(2)35(19-22-8-10-23(32)11-9-22)30(37)20-36(26-17-24(33)12-14-27(26)41-3)44(39,40)25-13-15-28(42-4)29(18-25)43-5/h8-15,17-18,21H,6-7,16,19-20H2,1-5H3,(H,34,38)/t21-/m1/s1. The molecule has 3 aromatic rings. The van der Waals surface area contributed by atoms with E-state index in [1.807, 2.05) is 6.92 Å². The smallest absolute Gasteiger partial charge is 0.265 e. The highest BCUT2D eigenvalue weighted by molar-refractivity contribution is 7.92. The number of rotatable bonds is 15. The Hall–Kier alpha value is -3.67. The molecular weight excluding hydrogens is 629 g/mol. The van der Waals surface area contributed by atoms with E-state index >= 15 is 0 Å². The number of methoxy groups -OCH3 is 3. The molecule has 0 aliphatic heterocycles. The zero-order valence-electron chi connectivity index (χ0n) is 25.3. The summed E-state index contributed by atoms with van der Waals surface area (Å²) in [5.41, 5.74) is 0.736. The van der Waals surface area contributed by atoms with Crippen LogP contribution in [0.1, 0.15) is 32.3 Å². The molecule has 2 amide bonds. The van der Waals surface area contributed by atoms with Crippen molar-refractivity contribution in [3.63, 3.8) is 0 Å². The van der Waals surface area contributed by atoms with Crippen molar-refractivity contribution < 1.29 is 32.2 Å². The highest BCUT2D eigenvalue weighted by Gasteiger charge is 2.34. The predicted molar refractivity (Wildman–Crippen MR) is 171 cm³/mol. The molecule has 0 spiro atoms. The van der Waals surface area contributed by atoms with Crippen LogP contribution in [0, 0.1) is 0 Å². The molecule has 0 unspecified atom stereocenters. The van der Waals surface area contributed by atoms with Crippen molar-refractivity contribution >= 4 is 50.7 Å². The largest absolute Gasteiger partial charge is 0.495 e. The van der Waals surface area contributed by atoms with Gasteiger partial charge in [-0.1, -0.05) is 48.7 Å². The summed E-state index contributed by atoms with van der Waals surface area (Å²) >= 11 is 12.4. The fraction of sp³-hybridized carbons (Fsp3) is 0.355. The Kier molecular flexibility index (Phi) is 12.6. The maximum atomic E-state index is 14.3. The summed E-state index contributed by atoms with van der Waals surface area (Å²) < 4.78 is 45.5. The number of carbonyl (C=O) groups excluding carboxylic acids is 2. The summed E-state index contributed by atoms with van der Waals surface area (Å²) in [5.74, 6) is -0.327. The van der Waals surface area contributed by atoms with Crippen molar-refractivity contribution in [3.05, 3.63) is 76.3 Å². The molecule has 0 aliphatic rings. The normalized spacial score (nSPS) is 11.8. The first-order valence-corrected chi connectivity index (χ1v) is 16.1. The lowest BCUT2D eigenvalue weighted by molar-refractivity contribution is -0.139. The lowest BCUT2D eigenvalue weighted by Crippen LogP contribution is -2.51. The van der Waals surface area contributed by atoms with Gasteiger partial charge in [-0.15, -0.1) is 0 Å². The average Bonchev–Trinajstić information content (AvgIpc) is 3.02. The Morgan fingerprint density at radius 2 is 1.48 bits per heavy atom. The molecule has 0 aliphatic carbocycles. The quantitative estimate of drug-likeness (QED) is 0.212. The van der Waals surface area contributed by atoms with E-state index in [9.17, 15) is 18.0 Å². The van der Waals surface area contributed by atoms with E-state index < -0.39 is 28.5 Å². The van der Waals surface area contributed by atoms with Crippen LogP contribution in [0.15, 0.2) is 65.6 Å². The minimum atomic E-state index is -4.44. The molecule has 3 rings (SSSR count). The molecule has 0 bridgehead atoms. The first-order chi connectivity index (χ1) is 21.0. The fourth-order valence-corrected chi connectivity index (χ4v) is 6.11. The molecule has 44 heavy (non-hydrogen) atoms. The number of benzene rings is 3. The van der Waals surface area contributed by atoms with Crippen molar-refractivity contribution in [2.45, 2.75) is 44.2 Å². The van der Waals surface area contributed by atoms with E-state index in [1.165, 1.54) is 56.6 Å². The van der Waals surface area contributed by atoms with E-state index in [0.29, 0.717) is 22.9 Å². The molecule has 3 aromatic carbocycles. The number of carbonyl (C=O) groups is 2. The van der Waals surface area contributed by atoms with Crippen LogP contribution in [0.25, 0.3) is 0 Å². The van der Waals surface area contributed by atoms with Gasteiger partial charge in [0.25, 0.3) is 10.0 Å². The van der Waals surface area contributed by atoms with Crippen LogP contribution in [0.5, 0.6) is 17.2 Å². The Balaban J connectivity index is 2.11. The number of hydrogen-bond acceptors (Lipinski definition) is 7. The van der Waals surface area contributed by atoms with Crippen molar-refractivity contribution in [2.24, 2.45) is 0 Å². The van der Waals surface area contributed by atoms with Gasteiger partial charge in [-0.05, 0) is 61.4 Å². The molecule has 238 valence electrons. The summed E-state index contributed by atoms with van der Waals surface area (Å²) in [6, 6.07) is 14.5. The van der Waals surface area contributed by atoms with Gasteiger partial charge in [-0.3, -0.25) is 13.9 Å². The topological polar surface area (TPSA) is 114 Å². The second kappa shape index (κ2) is 15.9. The average molecular weight is 667 g/mol. The molecule has 0 saturated carbocycles. The van der Waals surface area contributed by atoms with Crippen LogP contribution >= 0.6 is 23.2 Å². The number of hydrogen-bond donors (Lipinski definition) is 1. The molecule has 0 aromatic heterocycles. The van der Waals surface area contributed by atoms with E-state index in [-0.39, 0.29) is 39.6 Å². The number of sulfonamides is 1. The zero-order chi connectivity index (χ0) is 32.4. The maximum absolute atomic E-state index is 14.3. The Labute approximate surface area is 268 Å². The van der Waals surface area contributed by atoms with Gasteiger partial charge in [0.05, 0.1) is 31.9 Å². The fourth-order valence-electron chi connectivity index (χ4n) is 4.38. The van der Waals surface area contributed by atoms with Crippen LogP contribution in [-0.2, 0) is 26.2 Å². The first-order valence-electron chi connectivity index (χ1n) is 13.9. The molecule has 0 heterocycles. The monoisotopic (exact) mass is 665 g/mol. The first kappa shape index (κ1) is 34.8. The van der Waals surface area contributed by atoms with E-state index in [0.717, 1.165) is 17.1 Å². The number of ether oxygens (including phenoxy) is 3. The van der Waals surface area contributed by atoms with Crippen LogP contribution in [0.3, 0.4) is 0 Å². The van der Waals surface area contributed by atoms with Crippen LogP contribution in [0.4, 0.5) is 5.69 Å². The molecule has 0 saturated heterocycles. The van der Waals surface area contributed by atoms with Gasteiger partial charge in [0.2, 0.25) is 11.8 Å². The third-order valence-electron chi connectivity index (χ3n) is 6.89. The Bertz CT molecular complexity index is 1550. The molecule has 0 radical (unpaired) electrons. The number of halogens is 2. The van der Waals surface area contributed by atoms with E-state index in [4.69, 9.17) is 37.4 Å². The van der Waals surface area contributed by atoms with Gasteiger partial charge >= 0.3 is 0 Å². The number of amides is 2. The third kappa shape index (κ3) is 8.49. The Morgan fingerprint density at radius 1 is 0.864 bits per heavy atom. The van der Waals surface area contributed by atoms with E-state index in [2.05, 4.69) is 5.32 Å². The van der Waals surface area contributed by atoms with Crippen LogP contribution in [0.2, 0.25) is 10.0 Å². The van der Waals surface area contributed by atoms with Crippen LogP contribution < -0.4 is 23.8 Å². The Morgan fingerprint density at radius 3 is 2.09 bits per heavy atom. The molecule has 10 nitrogen and oxygen atoms in total. The zero-order valence-corrected chi connectivity index (χ0v) is 27.6. The van der Waals surface area contributed by atoms with Gasteiger partial charge in [-0.25, -0.2) is 8.42 Å². The van der Waals surface area contributed by atoms with Gasteiger partial charge in [0, 0.05) is 29.2 Å². The number of nitrogens with zero attached hydrogens (tertiary/aromatic N) is 2. The summed E-state index contributed by atoms with van der Waals surface area (Å²) in [6.45, 7) is 3.40. The van der Waals surface area contributed by atoms with Crippen LogP contribution in [-0.4, -0.2) is 65.6 Å². The van der Waals surface area contributed by atoms with Crippen molar-refractivity contribution in [1.82, 2.24) is 10.2 Å². The minimum Gasteiger partial charge on any atom is -0.495 e. The SMILES string of the molecule is CCCCNC(=O)[C@@H](C)N(Cc1ccc(Cl)cc1)C(=O)CN(c1cc(Cl)ccc1OC)S(=O)(=O)c1ccc(OC)c(OC)c1. The van der Waals surface area contributed by atoms with Gasteiger partial charge in [0.1, 0.15) is 18.3 Å². The highest BCUT2D eigenvalue weighted by atomic mass is 35.5. The summed E-state index contributed by atoms with van der Waals surface area (Å²) in [5, 5.41) is 3.59. The number of nitrogens with one attached hydrogen (secondary N) is 1. The van der Waals surface area contributed by atoms with Crippen molar-refractivity contribution in [3.8, 4) is 17.2 Å². The maximum Gasteiger partial charge on any atom is 0.265 e. The van der Waals surface area contributed by atoms with Gasteiger partial charge < -0.3 is 24.4 Å². The molecular formula is C31H37Cl2N3O7S. The molecule has 13 heteroatoms. The molecule has 0 fully saturated rings. The third-order valence-corrected chi connectivity index (χ3v) is 9.14. The second-order valence-electron chi connectivity index (χ2n) is 9.81. The second-order valence-corrected chi connectivity index (χ2v) is 12.5. The molecule has 1 N–H and O–H groups in total. The summed E-state index contributed by atoms with van der Waals surface area (Å²) in [4.78, 5) is 28.5. The van der Waals surface area contributed by atoms with Crippen molar-refractivity contribution in [2.75, 3.05) is 38.7 Å². The van der Waals surface area contributed by atoms with E-state index in [1.54, 1.807) is 37.3 Å². The lowest BCUT2D eigenvalue weighted by Gasteiger charge is -2.32. The molecule has 1 atom stereocenters. The van der Waals surface area contributed by atoms with Crippen molar-refractivity contribution in [1.29, 1.82) is 0 Å². The summed E-state index contributed by atoms with van der Waals surface area (Å²) in [7, 11) is -0.238. The van der Waals surface area contributed by atoms with Gasteiger partial charge in [-0.2, -0.15) is 0 Å². The lowest BCUT2D eigenvalue weighted by atomic mass is 10.1. The summed E-state index contributed by atoms with van der Waals surface area (Å²) in [6.07, 6.45) is 1.65.